The normalized spacial score (nSPS) is 18.2. The first-order chi connectivity index (χ1) is 16.6. The number of hydrogen-bond donors (Lipinski definition) is 0. The summed E-state index contributed by atoms with van der Waals surface area (Å²) in [7, 11) is -6.06. The second-order valence-corrected chi connectivity index (χ2v) is 18.1. The number of hydrogen-bond acceptors (Lipinski definition) is 4. The van der Waals surface area contributed by atoms with Crippen LogP contribution in [0.1, 0.15) is 80.0 Å². The average molecular weight is 534 g/mol. The zero-order valence-corrected chi connectivity index (χ0v) is 24.2. The summed E-state index contributed by atoms with van der Waals surface area (Å²) in [6, 6.07) is 8.06. The van der Waals surface area contributed by atoms with E-state index in [9.17, 15) is 18.1 Å². The Bertz CT molecular complexity index is 1290. The van der Waals surface area contributed by atoms with Crippen molar-refractivity contribution in [3.63, 3.8) is 0 Å². The molecule has 0 N–H and O–H groups in total. The molecule has 4 nitrogen and oxygen atoms in total. The van der Waals surface area contributed by atoms with E-state index >= 15 is 4.39 Å². The van der Waals surface area contributed by atoms with Crippen LogP contribution in [-0.2, 0) is 33.5 Å². The Labute approximate surface area is 215 Å². The Morgan fingerprint density at radius 1 is 1.19 bits per heavy atom. The lowest BCUT2D eigenvalue weighted by Gasteiger charge is -2.39. The SMILES string of the molecule is CCCCc1cc(F)cc(C#N)c1Cc1ccc(S(C)(=O)=O)c2c1C[C@@H](F)C2O[Si](C)(C)C(C)(C)C. The molecule has 0 fully saturated rings. The van der Waals surface area contributed by atoms with Crippen LogP contribution in [0.5, 0.6) is 0 Å². The zero-order valence-electron chi connectivity index (χ0n) is 22.3. The summed E-state index contributed by atoms with van der Waals surface area (Å²) in [5.74, 6) is -0.453. The summed E-state index contributed by atoms with van der Waals surface area (Å²) in [4.78, 5) is 0.0935. The Morgan fingerprint density at radius 3 is 2.42 bits per heavy atom. The summed E-state index contributed by atoms with van der Waals surface area (Å²) in [6.07, 6.45) is 1.54. The van der Waals surface area contributed by atoms with Crippen LogP contribution >= 0.6 is 0 Å². The van der Waals surface area contributed by atoms with Crippen LogP contribution in [0.25, 0.3) is 0 Å². The Balaban J connectivity index is 2.18. The van der Waals surface area contributed by atoms with Crippen molar-refractivity contribution in [3.8, 4) is 6.07 Å². The fourth-order valence-corrected chi connectivity index (χ4v) is 6.83. The van der Waals surface area contributed by atoms with Gasteiger partial charge >= 0.3 is 0 Å². The van der Waals surface area contributed by atoms with Gasteiger partial charge in [0.2, 0.25) is 0 Å². The molecule has 2 aromatic rings. The summed E-state index contributed by atoms with van der Waals surface area (Å²) in [5.41, 5.74) is 3.52. The van der Waals surface area contributed by atoms with Gasteiger partial charge in [0.1, 0.15) is 18.1 Å². The first-order valence-electron chi connectivity index (χ1n) is 12.5. The molecular weight excluding hydrogens is 496 g/mol. The molecule has 1 unspecified atom stereocenters. The molecule has 2 aromatic carbocycles. The molecule has 0 saturated heterocycles. The third-order valence-electron chi connectivity index (χ3n) is 7.65. The van der Waals surface area contributed by atoms with Crippen LogP contribution in [0.15, 0.2) is 29.2 Å². The molecule has 3 rings (SSSR count). The van der Waals surface area contributed by atoms with Gasteiger partial charge in [-0.15, -0.1) is 0 Å². The van der Waals surface area contributed by atoms with E-state index < -0.39 is 36.2 Å². The number of halogens is 2. The molecule has 2 atom stereocenters. The minimum atomic E-state index is -3.64. The van der Waals surface area contributed by atoms with Gasteiger partial charge in [0.05, 0.1) is 16.5 Å². The van der Waals surface area contributed by atoms with Crippen LogP contribution in [0.2, 0.25) is 18.1 Å². The zero-order chi connectivity index (χ0) is 27.1. The number of aryl methyl sites for hydroxylation is 1. The molecule has 0 radical (unpaired) electrons. The summed E-state index contributed by atoms with van der Waals surface area (Å²) in [5, 5.41) is 9.55. The summed E-state index contributed by atoms with van der Waals surface area (Å²) in [6.45, 7) is 12.3. The van der Waals surface area contributed by atoms with Crippen LogP contribution in [0.4, 0.5) is 8.78 Å². The van der Waals surface area contributed by atoms with Crippen molar-refractivity contribution in [2.45, 2.75) is 95.1 Å². The van der Waals surface area contributed by atoms with Crippen LogP contribution in [-0.4, -0.2) is 29.2 Å². The number of unbranched alkanes of at least 4 members (excludes halogenated alkanes) is 1. The molecule has 0 spiro atoms. The topological polar surface area (TPSA) is 67.2 Å². The van der Waals surface area contributed by atoms with Gasteiger partial charge < -0.3 is 4.43 Å². The molecule has 0 amide bonds. The highest BCUT2D eigenvalue weighted by molar-refractivity contribution is 7.90. The summed E-state index contributed by atoms with van der Waals surface area (Å²) >= 11 is 0. The van der Waals surface area contributed by atoms with Gasteiger partial charge in [0.15, 0.2) is 18.2 Å². The van der Waals surface area contributed by atoms with Gasteiger partial charge in [-0.05, 0) is 77.8 Å². The molecule has 0 saturated carbocycles. The Morgan fingerprint density at radius 2 is 1.86 bits per heavy atom. The van der Waals surface area contributed by atoms with Gasteiger partial charge in [-0.1, -0.05) is 40.2 Å². The van der Waals surface area contributed by atoms with E-state index in [0.717, 1.165) is 30.2 Å². The maximum atomic E-state index is 15.6. The number of benzene rings is 2. The van der Waals surface area contributed by atoms with Crippen molar-refractivity contribution >= 4 is 18.2 Å². The minimum absolute atomic E-state index is 0.0424. The molecular formula is C28H37F2NO3SSi. The molecule has 0 aromatic heterocycles. The first-order valence-corrected chi connectivity index (χ1v) is 17.3. The monoisotopic (exact) mass is 533 g/mol. The fourth-order valence-electron chi connectivity index (χ4n) is 4.62. The summed E-state index contributed by atoms with van der Waals surface area (Å²) < 4.78 is 61.8. The number of rotatable bonds is 8. The molecule has 0 aliphatic heterocycles. The van der Waals surface area contributed by atoms with E-state index in [4.69, 9.17) is 4.43 Å². The number of nitrogens with zero attached hydrogens (tertiary/aromatic N) is 1. The highest BCUT2D eigenvalue weighted by Gasteiger charge is 2.46. The molecule has 36 heavy (non-hydrogen) atoms. The minimum Gasteiger partial charge on any atom is -0.407 e. The van der Waals surface area contributed by atoms with Crippen molar-refractivity contribution in [1.82, 2.24) is 0 Å². The largest absolute Gasteiger partial charge is 0.407 e. The van der Waals surface area contributed by atoms with E-state index in [1.165, 1.54) is 18.2 Å². The van der Waals surface area contributed by atoms with E-state index in [1.807, 2.05) is 20.0 Å². The lowest BCUT2D eigenvalue weighted by molar-refractivity contribution is 0.0991. The number of fused-ring (bicyclic) bond motifs is 1. The van der Waals surface area contributed by atoms with E-state index in [1.54, 1.807) is 6.07 Å². The van der Waals surface area contributed by atoms with Crippen molar-refractivity contribution < 1.29 is 21.6 Å². The van der Waals surface area contributed by atoms with Crippen LogP contribution in [0, 0.1) is 17.1 Å². The molecule has 196 valence electrons. The number of sulfone groups is 1. The molecule has 1 aliphatic rings. The second kappa shape index (κ2) is 10.4. The van der Waals surface area contributed by atoms with Crippen molar-refractivity contribution in [1.29, 1.82) is 5.26 Å². The Kier molecular flexibility index (Phi) is 8.19. The molecule has 1 aliphatic carbocycles. The first kappa shape index (κ1) is 28.5. The standard InChI is InChI=1S/C28H37F2NO3SSi/c1-8-9-10-18-13-21(29)14-20(17-31)22(18)15-19-11-12-25(35(5,32)33)26-23(19)16-24(30)27(26)34-36(6,7)28(2,3)4/h11-14,24,27H,8-10,15-16H2,1-7H3/t24-,27?/m1/s1. The predicted octanol–water partition coefficient (Wildman–Crippen LogP) is 6.99. The number of alkyl halides is 1. The van der Waals surface area contributed by atoms with Gasteiger partial charge in [-0.25, -0.2) is 17.2 Å². The number of nitriles is 1. The van der Waals surface area contributed by atoms with Gasteiger partial charge in [-0.2, -0.15) is 5.26 Å². The smallest absolute Gasteiger partial charge is 0.193 e. The third kappa shape index (κ3) is 5.74. The van der Waals surface area contributed by atoms with E-state index in [-0.39, 0.29) is 21.9 Å². The third-order valence-corrected chi connectivity index (χ3v) is 13.3. The van der Waals surface area contributed by atoms with Crippen LogP contribution < -0.4 is 0 Å². The lowest BCUT2D eigenvalue weighted by Crippen LogP contribution is -2.43. The van der Waals surface area contributed by atoms with E-state index in [2.05, 4.69) is 26.8 Å². The maximum absolute atomic E-state index is 15.6. The van der Waals surface area contributed by atoms with Crippen molar-refractivity contribution in [2.75, 3.05) is 6.26 Å². The van der Waals surface area contributed by atoms with Gasteiger partial charge in [0, 0.05) is 18.2 Å². The van der Waals surface area contributed by atoms with Gasteiger partial charge in [0.25, 0.3) is 0 Å². The van der Waals surface area contributed by atoms with E-state index in [0.29, 0.717) is 29.5 Å². The van der Waals surface area contributed by atoms with Gasteiger partial charge in [-0.3, -0.25) is 0 Å². The molecule has 0 bridgehead atoms. The highest BCUT2D eigenvalue weighted by atomic mass is 32.2. The quantitative estimate of drug-likeness (QED) is 0.343. The van der Waals surface area contributed by atoms with Crippen LogP contribution in [0.3, 0.4) is 0 Å². The average Bonchev–Trinajstić information content (AvgIpc) is 3.07. The highest BCUT2D eigenvalue weighted by Crippen LogP contribution is 2.47. The second-order valence-electron chi connectivity index (χ2n) is 11.4. The molecule has 8 heteroatoms. The Hall–Kier alpha value is -2.08. The molecule has 0 heterocycles. The fraction of sp³-hybridized carbons (Fsp3) is 0.536. The van der Waals surface area contributed by atoms with Crippen molar-refractivity contribution in [3.05, 3.63) is 63.5 Å². The predicted molar refractivity (Wildman–Crippen MR) is 142 cm³/mol. The van der Waals surface area contributed by atoms with Crippen molar-refractivity contribution in [2.24, 2.45) is 0 Å². The lowest BCUT2D eigenvalue weighted by atomic mass is 9.90. The maximum Gasteiger partial charge on any atom is 0.193 e.